The fraction of sp³-hybridized carbons (Fsp3) is 0.333. The zero-order valence-corrected chi connectivity index (χ0v) is 9.80. The van der Waals surface area contributed by atoms with Gasteiger partial charge in [0.1, 0.15) is 6.10 Å². The molecular formula is C12H12FNO5. The number of carboxylic acid groups (broad SMARTS) is 1. The summed E-state index contributed by atoms with van der Waals surface area (Å²) in [5, 5.41) is 20.1. The summed E-state index contributed by atoms with van der Waals surface area (Å²) in [5.41, 5.74) is 0.169. The number of benzene rings is 1. The van der Waals surface area contributed by atoms with Crippen LogP contribution in [0, 0.1) is 5.82 Å². The number of phenols is 1. The minimum Gasteiger partial charge on any atom is -0.505 e. The molecule has 0 radical (unpaired) electrons. The molecule has 1 fully saturated rings. The summed E-state index contributed by atoms with van der Waals surface area (Å²) in [6.45, 7) is 0. The van der Waals surface area contributed by atoms with Gasteiger partial charge in [0, 0.05) is 11.8 Å². The van der Waals surface area contributed by atoms with Gasteiger partial charge < -0.3 is 20.3 Å². The number of rotatable bonds is 3. The van der Waals surface area contributed by atoms with E-state index in [2.05, 4.69) is 5.32 Å². The van der Waals surface area contributed by atoms with E-state index in [4.69, 9.17) is 14.9 Å². The monoisotopic (exact) mass is 269 g/mol. The quantitative estimate of drug-likeness (QED) is 0.714. The number of ether oxygens (including phenoxy) is 1. The molecule has 1 saturated heterocycles. The van der Waals surface area contributed by atoms with E-state index in [1.165, 1.54) is 6.07 Å². The number of hydrogen-bond donors (Lipinski definition) is 3. The molecule has 3 N–H and O–H groups in total. The molecule has 0 spiro atoms. The number of hydrogen-bond acceptors (Lipinski definition) is 4. The highest BCUT2D eigenvalue weighted by molar-refractivity contribution is 5.94. The lowest BCUT2D eigenvalue weighted by molar-refractivity contribution is -0.150. The van der Waals surface area contributed by atoms with Crippen LogP contribution in [0.4, 0.5) is 10.1 Å². The molecule has 102 valence electrons. The van der Waals surface area contributed by atoms with E-state index in [9.17, 15) is 14.0 Å². The van der Waals surface area contributed by atoms with E-state index < -0.39 is 35.7 Å². The molecule has 1 heterocycles. The van der Waals surface area contributed by atoms with Crippen molar-refractivity contribution in [2.75, 3.05) is 5.32 Å². The lowest BCUT2D eigenvalue weighted by Gasteiger charge is -2.12. The number of halogens is 1. The van der Waals surface area contributed by atoms with Gasteiger partial charge in [-0.1, -0.05) is 0 Å². The van der Waals surface area contributed by atoms with Crippen LogP contribution in [0.15, 0.2) is 18.2 Å². The summed E-state index contributed by atoms with van der Waals surface area (Å²) in [4.78, 5) is 22.4. The normalized spacial score (nSPS) is 22.2. The Morgan fingerprint density at radius 3 is 2.58 bits per heavy atom. The van der Waals surface area contributed by atoms with E-state index in [1.807, 2.05) is 0 Å². The average Bonchev–Trinajstić information content (AvgIpc) is 2.83. The summed E-state index contributed by atoms with van der Waals surface area (Å²) >= 11 is 0. The van der Waals surface area contributed by atoms with Crippen molar-refractivity contribution in [1.82, 2.24) is 0 Å². The number of nitrogens with one attached hydrogen (secondary N) is 1. The molecular weight excluding hydrogens is 257 g/mol. The van der Waals surface area contributed by atoms with Crippen molar-refractivity contribution >= 4 is 17.6 Å². The first kappa shape index (κ1) is 13.3. The smallest absolute Gasteiger partial charge is 0.332 e. The van der Waals surface area contributed by atoms with Gasteiger partial charge in [-0.3, -0.25) is 4.79 Å². The molecule has 2 atom stereocenters. The van der Waals surface area contributed by atoms with Crippen LogP contribution in [-0.4, -0.2) is 34.3 Å². The molecule has 0 saturated carbocycles. The van der Waals surface area contributed by atoms with Crippen LogP contribution >= 0.6 is 0 Å². The zero-order chi connectivity index (χ0) is 14.0. The molecule has 1 aliphatic rings. The number of carboxylic acids is 1. The molecule has 2 unspecified atom stereocenters. The van der Waals surface area contributed by atoms with Crippen LogP contribution < -0.4 is 5.32 Å². The maximum absolute atomic E-state index is 13.1. The summed E-state index contributed by atoms with van der Waals surface area (Å²) in [5.74, 6) is -3.01. The second-order valence-electron chi connectivity index (χ2n) is 4.18. The number of anilines is 1. The molecule has 6 nitrogen and oxygen atoms in total. The molecule has 0 bridgehead atoms. The maximum atomic E-state index is 13.1. The Balaban J connectivity index is 1.98. The minimum atomic E-state index is -1.11. The Morgan fingerprint density at radius 2 is 2.00 bits per heavy atom. The van der Waals surface area contributed by atoms with Crippen LogP contribution in [0.3, 0.4) is 0 Å². The van der Waals surface area contributed by atoms with Crippen LogP contribution in [0.25, 0.3) is 0 Å². The molecule has 2 rings (SSSR count). The number of amides is 1. The van der Waals surface area contributed by atoms with Crippen molar-refractivity contribution in [3.8, 4) is 5.75 Å². The molecule has 1 amide bonds. The summed E-state index contributed by atoms with van der Waals surface area (Å²) < 4.78 is 18.1. The van der Waals surface area contributed by atoms with Gasteiger partial charge in [0.25, 0.3) is 5.91 Å². The third kappa shape index (κ3) is 3.00. The number of aliphatic carboxylic acids is 1. The lowest BCUT2D eigenvalue weighted by atomic mass is 10.2. The van der Waals surface area contributed by atoms with Crippen molar-refractivity contribution in [2.24, 2.45) is 0 Å². The fourth-order valence-electron chi connectivity index (χ4n) is 1.82. The highest BCUT2D eigenvalue weighted by Crippen LogP contribution is 2.23. The topological polar surface area (TPSA) is 95.9 Å². The Hall–Kier alpha value is -2.15. The molecule has 19 heavy (non-hydrogen) atoms. The van der Waals surface area contributed by atoms with Crippen molar-refractivity contribution in [2.45, 2.75) is 25.0 Å². The van der Waals surface area contributed by atoms with Gasteiger partial charge in [-0.15, -0.1) is 0 Å². The van der Waals surface area contributed by atoms with Gasteiger partial charge in [0.2, 0.25) is 0 Å². The fourth-order valence-corrected chi connectivity index (χ4v) is 1.82. The molecule has 1 aliphatic heterocycles. The van der Waals surface area contributed by atoms with Gasteiger partial charge >= 0.3 is 5.97 Å². The SMILES string of the molecule is O=C(O)C1CCC(C(=O)Nc2ccc(O)c(F)c2)O1. The van der Waals surface area contributed by atoms with E-state index in [0.717, 1.165) is 12.1 Å². The molecule has 0 aliphatic carbocycles. The summed E-state index contributed by atoms with van der Waals surface area (Å²) in [6.07, 6.45) is -1.29. The van der Waals surface area contributed by atoms with Gasteiger partial charge in [-0.05, 0) is 25.0 Å². The second-order valence-corrected chi connectivity index (χ2v) is 4.18. The second kappa shape index (κ2) is 5.23. The minimum absolute atomic E-state index is 0.169. The Morgan fingerprint density at radius 1 is 1.32 bits per heavy atom. The predicted octanol–water partition coefficient (Wildman–Crippen LogP) is 1.10. The van der Waals surface area contributed by atoms with Crippen LogP contribution in [0.5, 0.6) is 5.75 Å². The van der Waals surface area contributed by atoms with E-state index >= 15 is 0 Å². The highest BCUT2D eigenvalue weighted by Gasteiger charge is 2.34. The third-order valence-electron chi connectivity index (χ3n) is 2.80. The molecule has 1 aromatic rings. The highest BCUT2D eigenvalue weighted by atomic mass is 19.1. The predicted molar refractivity (Wildman–Crippen MR) is 62.2 cm³/mol. The first-order chi connectivity index (χ1) is 8.97. The molecule has 0 aromatic heterocycles. The van der Waals surface area contributed by atoms with E-state index in [1.54, 1.807) is 0 Å². The van der Waals surface area contributed by atoms with Crippen LogP contribution in [-0.2, 0) is 14.3 Å². The van der Waals surface area contributed by atoms with Crippen molar-refractivity contribution < 1.29 is 28.9 Å². The average molecular weight is 269 g/mol. The number of carbonyl (C=O) groups is 2. The van der Waals surface area contributed by atoms with Crippen molar-refractivity contribution in [1.29, 1.82) is 0 Å². The first-order valence-corrected chi connectivity index (χ1v) is 5.65. The zero-order valence-electron chi connectivity index (χ0n) is 9.80. The summed E-state index contributed by atoms with van der Waals surface area (Å²) in [7, 11) is 0. The van der Waals surface area contributed by atoms with Crippen LogP contribution in [0.1, 0.15) is 12.8 Å². The van der Waals surface area contributed by atoms with E-state index in [-0.39, 0.29) is 12.1 Å². The van der Waals surface area contributed by atoms with Gasteiger partial charge in [-0.2, -0.15) is 0 Å². The standard InChI is InChI=1S/C12H12FNO5/c13-7-5-6(1-2-8(7)15)14-11(16)9-3-4-10(19-9)12(17)18/h1-2,5,9-10,15H,3-4H2,(H,14,16)(H,17,18). The van der Waals surface area contributed by atoms with Gasteiger partial charge in [0.05, 0.1) is 0 Å². The van der Waals surface area contributed by atoms with E-state index in [0.29, 0.717) is 6.42 Å². The Bertz CT molecular complexity index is 519. The third-order valence-corrected chi connectivity index (χ3v) is 2.80. The lowest BCUT2D eigenvalue weighted by Crippen LogP contribution is -2.29. The first-order valence-electron chi connectivity index (χ1n) is 5.65. The van der Waals surface area contributed by atoms with Crippen LogP contribution in [0.2, 0.25) is 0 Å². The number of phenolic OH excluding ortho intramolecular Hbond substituents is 1. The maximum Gasteiger partial charge on any atom is 0.332 e. The Kier molecular flexibility index (Phi) is 3.66. The van der Waals surface area contributed by atoms with Gasteiger partial charge in [-0.25, -0.2) is 9.18 Å². The largest absolute Gasteiger partial charge is 0.505 e. The van der Waals surface area contributed by atoms with Crippen molar-refractivity contribution in [3.63, 3.8) is 0 Å². The summed E-state index contributed by atoms with van der Waals surface area (Å²) in [6, 6.07) is 3.41. The number of carbonyl (C=O) groups excluding carboxylic acids is 1. The Labute approximate surface area is 107 Å². The van der Waals surface area contributed by atoms with Gasteiger partial charge in [0.15, 0.2) is 17.7 Å². The molecule has 7 heteroatoms. The van der Waals surface area contributed by atoms with Crippen molar-refractivity contribution in [3.05, 3.63) is 24.0 Å². The molecule has 1 aromatic carbocycles. The number of aromatic hydroxyl groups is 1.